The molecule has 0 radical (unpaired) electrons. The van der Waals surface area contributed by atoms with Crippen LogP contribution >= 0.6 is 0 Å². The Balaban J connectivity index is 1.56. The van der Waals surface area contributed by atoms with Gasteiger partial charge in [0.05, 0.1) is 12.0 Å². The quantitative estimate of drug-likeness (QED) is 0.745. The first-order valence-electron chi connectivity index (χ1n) is 9.88. The minimum Gasteiger partial charge on any atom is -0.353 e. The summed E-state index contributed by atoms with van der Waals surface area (Å²) in [5.74, 6) is 1.62. The van der Waals surface area contributed by atoms with Gasteiger partial charge in [-0.15, -0.1) is 10.2 Å². The van der Waals surface area contributed by atoms with E-state index in [4.69, 9.17) is 4.52 Å². The van der Waals surface area contributed by atoms with Gasteiger partial charge in [-0.2, -0.15) is 4.98 Å². The summed E-state index contributed by atoms with van der Waals surface area (Å²) >= 11 is 0. The fourth-order valence-electron chi connectivity index (χ4n) is 3.56. The lowest BCUT2D eigenvalue weighted by Gasteiger charge is -2.22. The first-order valence-corrected chi connectivity index (χ1v) is 9.88. The van der Waals surface area contributed by atoms with E-state index in [1.807, 2.05) is 43.5 Å². The molecule has 0 spiro atoms. The van der Waals surface area contributed by atoms with Crippen molar-refractivity contribution >= 4 is 11.6 Å². The molecule has 1 N–H and O–H groups in total. The Kier molecular flexibility index (Phi) is 4.87. The van der Waals surface area contributed by atoms with Crippen LogP contribution in [0.2, 0.25) is 0 Å². The van der Waals surface area contributed by atoms with Crippen molar-refractivity contribution in [2.24, 2.45) is 0 Å². The lowest BCUT2D eigenvalue weighted by Crippen LogP contribution is -2.37. The number of carbonyl (C=O) groups is 1. The highest BCUT2D eigenvalue weighted by Crippen LogP contribution is 2.26. The lowest BCUT2D eigenvalue weighted by atomic mass is 9.95. The van der Waals surface area contributed by atoms with Gasteiger partial charge in [0.25, 0.3) is 5.89 Å². The molecule has 1 saturated carbocycles. The van der Waals surface area contributed by atoms with Gasteiger partial charge in [-0.05, 0) is 25.0 Å². The van der Waals surface area contributed by atoms with Gasteiger partial charge in [0.2, 0.25) is 5.91 Å². The molecule has 1 aliphatic rings. The number of pyridine rings is 1. The molecule has 0 aromatic carbocycles. The number of amides is 1. The van der Waals surface area contributed by atoms with Gasteiger partial charge < -0.3 is 9.84 Å². The molecule has 8 nitrogen and oxygen atoms in total. The summed E-state index contributed by atoms with van der Waals surface area (Å²) in [7, 11) is 0. The van der Waals surface area contributed by atoms with Crippen molar-refractivity contribution in [3.8, 4) is 11.5 Å². The van der Waals surface area contributed by atoms with Crippen LogP contribution in [0.15, 0.2) is 22.9 Å². The molecule has 0 aliphatic heterocycles. The summed E-state index contributed by atoms with van der Waals surface area (Å²) in [6.45, 7) is 6.09. The molecule has 0 bridgehead atoms. The number of nitrogens with zero attached hydrogens (tertiary/aromatic N) is 5. The van der Waals surface area contributed by atoms with Crippen LogP contribution in [0.25, 0.3) is 17.1 Å². The Bertz CT molecular complexity index is 978. The van der Waals surface area contributed by atoms with E-state index in [-0.39, 0.29) is 23.8 Å². The molecule has 0 atom stereocenters. The molecule has 8 heteroatoms. The third-order valence-electron chi connectivity index (χ3n) is 5.12. The van der Waals surface area contributed by atoms with Crippen LogP contribution < -0.4 is 5.32 Å². The number of carbonyl (C=O) groups excluding carboxylic acids is 1. The van der Waals surface area contributed by atoms with Crippen LogP contribution in [0.4, 0.5) is 0 Å². The van der Waals surface area contributed by atoms with Gasteiger partial charge in [0.1, 0.15) is 5.82 Å². The van der Waals surface area contributed by atoms with Crippen molar-refractivity contribution in [1.29, 1.82) is 0 Å². The van der Waals surface area contributed by atoms with Gasteiger partial charge in [0.15, 0.2) is 11.5 Å². The molecular weight excluding hydrogens is 356 g/mol. The number of hydrogen-bond donors (Lipinski definition) is 1. The fraction of sp³-hybridized carbons (Fsp3) is 0.550. The van der Waals surface area contributed by atoms with Crippen LogP contribution in [-0.2, 0) is 16.6 Å². The second kappa shape index (κ2) is 7.33. The monoisotopic (exact) mass is 382 g/mol. The average molecular weight is 382 g/mol. The highest BCUT2D eigenvalue weighted by molar-refractivity contribution is 5.79. The molecule has 3 heterocycles. The van der Waals surface area contributed by atoms with E-state index in [2.05, 4.69) is 25.7 Å². The molecule has 1 aliphatic carbocycles. The summed E-state index contributed by atoms with van der Waals surface area (Å²) in [4.78, 5) is 17.0. The molecule has 0 unspecified atom stereocenters. The molecule has 1 fully saturated rings. The Morgan fingerprint density at radius 1 is 1.25 bits per heavy atom. The van der Waals surface area contributed by atoms with Crippen molar-refractivity contribution in [3.05, 3.63) is 30.0 Å². The summed E-state index contributed by atoms with van der Waals surface area (Å²) in [6.07, 6.45) is 7.79. The number of fused-ring (bicyclic) bond motifs is 1. The third-order valence-corrected chi connectivity index (χ3v) is 5.12. The average Bonchev–Trinajstić information content (AvgIpc) is 3.30. The first-order chi connectivity index (χ1) is 13.4. The van der Waals surface area contributed by atoms with Crippen LogP contribution in [0, 0.1) is 0 Å². The SMILES string of the molecule is CC(C)(C)c1noc(-c2cccn3c(CC(=O)NC4CCCCC4)nnc23)n1. The van der Waals surface area contributed by atoms with Gasteiger partial charge in [-0.1, -0.05) is 45.2 Å². The van der Waals surface area contributed by atoms with Gasteiger partial charge in [-0.3, -0.25) is 9.20 Å². The Hall–Kier alpha value is -2.77. The third kappa shape index (κ3) is 3.76. The van der Waals surface area contributed by atoms with Crippen molar-refractivity contribution in [2.45, 2.75) is 70.8 Å². The van der Waals surface area contributed by atoms with Gasteiger partial charge in [-0.25, -0.2) is 0 Å². The molecule has 4 rings (SSSR count). The predicted octanol–water partition coefficient (Wildman–Crippen LogP) is 3.07. The van der Waals surface area contributed by atoms with Crippen LogP contribution in [0.1, 0.15) is 64.5 Å². The molecule has 1 amide bonds. The second-order valence-corrected chi connectivity index (χ2v) is 8.48. The molecule has 28 heavy (non-hydrogen) atoms. The zero-order valence-electron chi connectivity index (χ0n) is 16.6. The maximum absolute atomic E-state index is 12.5. The van der Waals surface area contributed by atoms with Crippen molar-refractivity contribution < 1.29 is 9.32 Å². The van der Waals surface area contributed by atoms with E-state index in [1.165, 1.54) is 19.3 Å². The highest BCUT2D eigenvalue weighted by Gasteiger charge is 2.24. The minimum absolute atomic E-state index is 0.0144. The fourth-order valence-corrected chi connectivity index (χ4v) is 3.56. The van der Waals surface area contributed by atoms with Gasteiger partial charge in [0, 0.05) is 17.7 Å². The molecule has 3 aromatic rings. The largest absolute Gasteiger partial charge is 0.353 e. The minimum atomic E-state index is -0.205. The van der Waals surface area contributed by atoms with Crippen molar-refractivity contribution in [3.63, 3.8) is 0 Å². The summed E-state index contributed by atoms with van der Waals surface area (Å²) in [6, 6.07) is 4.02. The zero-order chi connectivity index (χ0) is 19.7. The molecule has 148 valence electrons. The van der Waals surface area contributed by atoms with Crippen molar-refractivity contribution in [1.82, 2.24) is 30.1 Å². The highest BCUT2D eigenvalue weighted by atomic mass is 16.5. The van der Waals surface area contributed by atoms with E-state index in [9.17, 15) is 4.79 Å². The molecule has 3 aromatic heterocycles. The summed E-state index contributed by atoms with van der Waals surface area (Å²) < 4.78 is 7.27. The van der Waals surface area contributed by atoms with E-state index < -0.39 is 0 Å². The maximum atomic E-state index is 12.5. The number of rotatable bonds is 4. The Morgan fingerprint density at radius 2 is 2.04 bits per heavy atom. The maximum Gasteiger partial charge on any atom is 0.261 e. The van der Waals surface area contributed by atoms with E-state index in [1.54, 1.807) is 0 Å². The standard InChI is InChI=1S/C20H26N6O2/c1-20(2,3)19-22-18(28-25-19)14-10-7-11-26-15(23-24-17(14)26)12-16(27)21-13-8-5-4-6-9-13/h7,10-11,13H,4-6,8-9,12H2,1-3H3,(H,21,27). The first kappa shape index (κ1) is 18.6. The van der Waals surface area contributed by atoms with Crippen LogP contribution in [-0.4, -0.2) is 36.7 Å². The predicted molar refractivity (Wildman–Crippen MR) is 104 cm³/mol. The van der Waals surface area contributed by atoms with Crippen LogP contribution in [0.3, 0.4) is 0 Å². The molecular formula is C20H26N6O2. The van der Waals surface area contributed by atoms with E-state index in [0.717, 1.165) is 12.8 Å². The summed E-state index contributed by atoms with van der Waals surface area (Å²) in [5, 5.41) is 15.7. The normalized spacial score (nSPS) is 15.8. The van der Waals surface area contributed by atoms with Gasteiger partial charge >= 0.3 is 0 Å². The topological polar surface area (TPSA) is 98.2 Å². The number of hydrogen-bond acceptors (Lipinski definition) is 6. The van der Waals surface area contributed by atoms with E-state index in [0.29, 0.717) is 28.8 Å². The zero-order valence-corrected chi connectivity index (χ0v) is 16.6. The number of nitrogens with one attached hydrogen (secondary N) is 1. The smallest absolute Gasteiger partial charge is 0.261 e. The van der Waals surface area contributed by atoms with Crippen LogP contribution in [0.5, 0.6) is 0 Å². The lowest BCUT2D eigenvalue weighted by molar-refractivity contribution is -0.121. The number of aromatic nitrogens is 5. The second-order valence-electron chi connectivity index (χ2n) is 8.48. The molecule has 0 saturated heterocycles. The Morgan fingerprint density at radius 3 is 2.75 bits per heavy atom. The Labute approximate surface area is 163 Å². The van der Waals surface area contributed by atoms with Crippen molar-refractivity contribution in [2.75, 3.05) is 0 Å². The summed E-state index contributed by atoms with van der Waals surface area (Å²) in [5.41, 5.74) is 1.10. The van der Waals surface area contributed by atoms with E-state index >= 15 is 0 Å².